The van der Waals surface area contributed by atoms with E-state index in [0.29, 0.717) is 28.4 Å². The largest absolute Gasteiger partial charge is 0.371 e. The van der Waals surface area contributed by atoms with Gasteiger partial charge in [-0.3, -0.25) is 9.59 Å². The summed E-state index contributed by atoms with van der Waals surface area (Å²) in [6.07, 6.45) is 2.21. The van der Waals surface area contributed by atoms with Gasteiger partial charge in [0.1, 0.15) is 0 Å². The summed E-state index contributed by atoms with van der Waals surface area (Å²) in [4.78, 5) is 28.0. The zero-order valence-electron chi connectivity index (χ0n) is 17.1. The number of anilines is 2. The summed E-state index contributed by atoms with van der Waals surface area (Å²) in [5.41, 5.74) is 3.41. The van der Waals surface area contributed by atoms with E-state index >= 15 is 0 Å². The minimum atomic E-state index is -0.310. The first kappa shape index (κ1) is 20.9. The number of benzene rings is 3. The highest BCUT2D eigenvalue weighted by Crippen LogP contribution is 2.28. The Balaban J connectivity index is 1.57. The lowest BCUT2D eigenvalue weighted by Crippen LogP contribution is -2.27. The lowest BCUT2D eigenvalue weighted by atomic mass is 10.1. The van der Waals surface area contributed by atoms with Gasteiger partial charge in [0.05, 0.1) is 16.1 Å². The van der Waals surface area contributed by atoms with Gasteiger partial charge in [0.2, 0.25) is 0 Å². The number of carbonyl (C=O) groups excluding carboxylic acids is 2. The van der Waals surface area contributed by atoms with Gasteiger partial charge in [-0.1, -0.05) is 54.1 Å². The van der Waals surface area contributed by atoms with E-state index in [4.69, 9.17) is 11.6 Å². The molecule has 0 atom stereocenters. The molecule has 0 spiro atoms. The van der Waals surface area contributed by atoms with Crippen molar-refractivity contribution in [3.8, 4) is 0 Å². The standard InChI is InChI=1S/C25H24ClN3O2/c26-22-11-5-4-10-20(22)25(31)28-19-12-13-23(29-14-6-7-15-29)21(16-19)24(30)27-17-18-8-2-1-3-9-18/h1-5,8-13,16H,6-7,14-15,17H2,(H,27,30)(H,28,31). The van der Waals surface area contributed by atoms with Crippen LogP contribution in [0.2, 0.25) is 5.02 Å². The Labute approximate surface area is 187 Å². The number of nitrogens with zero attached hydrogens (tertiary/aromatic N) is 1. The van der Waals surface area contributed by atoms with E-state index in [2.05, 4.69) is 15.5 Å². The highest BCUT2D eigenvalue weighted by Gasteiger charge is 2.21. The summed E-state index contributed by atoms with van der Waals surface area (Å²) >= 11 is 6.15. The maximum atomic E-state index is 13.1. The second-order valence-electron chi connectivity index (χ2n) is 7.53. The molecular weight excluding hydrogens is 410 g/mol. The number of halogens is 1. The van der Waals surface area contributed by atoms with Crippen LogP contribution < -0.4 is 15.5 Å². The molecule has 0 aliphatic carbocycles. The minimum absolute atomic E-state index is 0.167. The lowest BCUT2D eigenvalue weighted by molar-refractivity contribution is 0.0950. The van der Waals surface area contributed by atoms with Crippen molar-refractivity contribution in [3.05, 3.63) is 94.5 Å². The molecule has 1 heterocycles. The Morgan fingerprint density at radius 1 is 0.839 bits per heavy atom. The Bertz CT molecular complexity index is 1080. The SMILES string of the molecule is O=C(Nc1ccc(N2CCCC2)c(C(=O)NCc2ccccc2)c1)c1ccccc1Cl. The Kier molecular flexibility index (Phi) is 6.53. The first-order valence-electron chi connectivity index (χ1n) is 10.4. The van der Waals surface area contributed by atoms with Crippen LogP contribution in [0, 0.1) is 0 Å². The second kappa shape index (κ2) is 9.67. The molecular formula is C25H24ClN3O2. The van der Waals surface area contributed by atoms with Crippen molar-refractivity contribution in [2.75, 3.05) is 23.3 Å². The smallest absolute Gasteiger partial charge is 0.257 e. The highest BCUT2D eigenvalue weighted by atomic mass is 35.5. The van der Waals surface area contributed by atoms with Crippen molar-refractivity contribution in [2.45, 2.75) is 19.4 Å². The van der Waals surface area contributed by atoms with Crippen LogP contribution in [0.5, 0.6) is 0 Å². The van der Waals surface area contributed by atoms with Crippen molar-refractivity contribution in [1.29, 1.82) is 0 Å². The van der Waals surface area contributed by atoms with Gasteiger partial charge >= 0.3 is 0 Å². The number of rotatable bonds is 6. The van der Waals surface area contributed by atoms with Crippen molar-refractivity contribution < 1.29 is 9.59 Å². The molecule has 3 aromatic rings. The van der Waals surface area contributed by atoms with Gasteiger partial charge in [-0.15, -0.1) is 0 Å². The van der Waals surface area contributed by atoms with E-state index in [9.17, 15) is 9.59 Å². The topological polar surface area (TPSA) is 61.4 Å². The number of amides is 2. The Morgan fingerprint density at radius 2 is 1.55 bits per heavy atom. The zero-order valence-corrected chi connectivity index (χ0v) is 17.9. The molecule has 158 valence electrons. The van der Waals surface area contributed by atoms with Crippen molar-refractivity contribution in [3.63, 3.8) is 0 Å². The molecule has 1 saturated heterocycles. The highest BCUT2D eigenvalue weighted by molar-refractivity contribution is 6.34. The molecule has 2 N–H and O–H groups in total. The summed E-state index contributed by atoms with van der Waals surface area (Å²) in [7, 11) is 0. The number of hydrogen-bond donors (Lipinski definition) is 2. The minimum Gasteiger partial charge on any atom is -0.371 e. The average Bonchev–Trinajstić information content (AvgIpc) is 3.33. The molecule has 0 radical (unpaired) electrons. The molecule has 31 heavy (non-hydrogen) atoms. The van der Waals surface area contributed by atoms with Crippen LogP contribution in [0.3, 0.4) is 0 Å². The second-order valence-corrected chi connectivity index (χ2v) is 7.94. The fraction of sp³-hybridized carbons (Fsp3) is 0.200. The summed E-state index contributed by atoms with van der Waals surface area (Å²) in [6, 6.07) is 22.2. The Hall–Kier alpha value is -3.31. The maximum Gasteiger partial charge on any atom is 0.257 e. The number of nitrogens with one attached hydrogen (secondary N) is 2. The fourth-order valence-corrected chi connectivity index (χ4v) is 3.97. The van der Waals surface area contributed by atoms with Crippen LogP contribution >= 0.6 is 11.6 Å². The predicted octanol–water partition coefficient (Wildman–Crippen LogP) is 5.12. The van der Waals surface area contributed by atoms with E-state index in [1.807, 2.05) is 42.5 Å². The lowest BCUT2D eigenvalue weighted by Gasteiger charge is -2.22. The third kappa shape index (κ3) is 5.06. The van der Waals surface area contributed by atoms with Gasteiger partial charge in [0.25, 0.3) is 11.8 Å². The summed E-state index contributed by atoms with van der Waals surface area (Å²) in [6.45, 7) is 2.28. The van der Waals surface area contributed by atoms with E-state index in [-0.39, 0.29) is 11.8 Å². The number of hydrogen-bond acceptors (Lipinski definition) is 3. The molecule has 0 aromatic heterocycles. The summed E-state index contributed by atoms with van der Waals surface area (Å²) in [5, 5.41) is 6.25. The molecule has 0 bridgehead atoms. The van der Waals surface area contributed by atoms with E-state index in [1.54, 1.807) is 30.3 Å². The van der Waals surface area contributed by atoms with Gasteiger partial charge in [-0.25, -0.2) is 0 Å². The monoisotopic (exact) mass is 433 g/mol. The molecule has 1 fully saturated rings. The Morgan fingerprint density at radius 3 is 2.29 bits per heavy atom. The predicted molar refractivity (Wildman–Crippen MR) is 125 cm³/mol. The van der Waals surface area contributed by atoms with Gasteiger partial charge in [0, 0.05) is 31.0 Å². The maximum absolute atomic E-state index is 13.1. The van der Waals surface area contributed by atoms with Crippen LogP contribution in [0.15, 0.2) is 72.8 Å². The number of carbonyl (C=O) groups is 2. The molecule has 5 nitrogen and oxygen atoms in total. The zero-order chi connectivity index (χ0) is 21.6. The molecule has 1 aliphatic rings. The molecule has 0 saturated carbocycles. The quantitative estimate of drug-likeness (QED) is 0.567. The van der Waals surface area contributed by atoms with Crippen molar-refractivity contribution >= 4 is 34.8 Å². The molecule has 4 rings (SSSR count). The fourth-order valence-electron chi connectivity index (χ4n) is 3.75. The third-order valence-corrected chi connectivity index (χ3v) is 5.69. The molecule has 0 unspecified atom stereocenters. The van der Waals surface area contributed by atoms with E-state index in [0.717, 1.165) is 37.2 Å². The summed E-state index contributed by atoms with van der Waals surface area (Å²) < 4.78 is 0. The molecule has 2 amide bonds. The third-order valence-electron chi connectivity index (χ3n) is 5.36. The van der Waals surface area contributed by atoms with Crippen LogP contribution in [-0.4, -0.2) is 24.9 Å². The van der Waals surface area contributed by atoms with E-state index < -0.39 is 0 Å². The first-order chi connectivity index (χ1) is 15.1. The molecule has 3 aromatic carbocycles. The van der Waals surface area contributed by atoms with Gasteiger partial charge in [0.15, 0.2) is 0 Å². The van der Waals surface area contributed by atoms with E-state index in [1.165, 1.54) is 0 Å². The van der Waals surface area contributed by atoms with Gasteiger partial charge in [-0.2, -0.15) is 0 Å². The normalized spacial score (nSPS) is 13.1. The van der Waals surface area contributed by atoms with Crippen LogP contribution in [0.1, 0.15) is 39.1 Å². The van der Waals surface area contributed by atoms with Crippen LogP contribution in [0.4, 0.5) is 11.4 Å². The van der Waals surface area contributed by atoms with Crippen molar-refractivity contribution in [1.82, 2.24) is 5.32 Å². The average molecular weight is 434 g/mol. The molecule has 6 heteroatoms. The van der Waals surface area contributed by atoms with Gasteiger partial charge < -0.3 is 15.5 Å². The summed E-state index contributed by atoms with van der Waals surface area (Å²) in [5.74, 6) is -0.477. The van der Waals surface area contributed by atoms with Gasteiger partial charge in [-0.05, 0) is 48.7 Å². The molecule has 1 aliphatic heterocycles. The van der Waals surface area contributed by atoms with Crippen LogP contribution in [-0.2, 0) is 6.54 Å². The van der Waals surface area contributed by atoms with Crippen molar-refractivity contribution in [2.24, 2.45) is 0 Å². The van der Waals surface area contributed by atoms with Crippen LogP contribution in [0.25, 0.3) is 0 Å². The first-order valence-corrected chi connectivity index (χ1v) is 10.8.